The molecule has 2 amide bonds. The molecule has 1 fully saturated rings. The van der Waals surface area contributed by atoms with Gasteiger partial charge in [-0.15, -0.1) is 0 Å². The highest BCUT2D eigenvalue weighted by Gasteiger charge is 2.32. The van der Waals surface area contributed by atoms with Gasteiger partial charge in [0.05, 0.1) is 36.9 Å². The molecule has 0 spiro atoms. The summed E-state index contributed by atoms with van der Waals surface area (Å²) in [6.45, 7) is 4.01. The first-order chi connectivity index (χ1) is 13.1. The molecule has 0 bridgehead atoms. The zero-order chi connectivity index (χ0) is 18.8. The van der Waals surface area contributed by atoms with E-state index in [2.05, 4.69) is 10.1 Å². The molecule has 8 heteroatoms. The second-order valence-corrected chi connectivity index (χ2v) is 7.10. The molecule has 4 heterocycles. The Kier molecular flexibility index (Phi) is 4.89. The number of pyridine rings is 1. The molecule has 1 saturated heterocycles. The number of hydroxylamine groups is 2. The number of aromatic nitrogens is 3. The minimum atomic E-state index is -0.205. The number of carbonyl (C=O) groups excluding carboxylic acids is 2. The summed E-state index contributed by atoms with van der Waals surface area (Å²) in [6.07, 6.45) is 7.21. The zero-order valence-corrected chi connectivity index (χ0v) is 15.4. The van der Waals surface area contributed by atoms with Crippen molar-refractivity contribution in [2.45, 2.75) is 38.8 Å². The fraction of sp³-hybridized carbons (Fsp3) is 0.474. The van der Waals surface area contributed by atoms with Gasteiger partial charge in [-0.1, -0.05) is 0 Å². The molecule has 2 aliphatic rings. The fourth-order valence-electron chi connectivity index (χ4n) is 3.64. The molecule has 0 saturated carbocycles. The summed E-state index contributed by atoms with van der Waals surface area (Å²) in [4.78, 5) is 36.9. The number of carbonyl (C=O) groups is 2. The maximum atomic E-state index is 13.0. The molecule has 142 valence electrons. The topological polar surface area (TPSA) is 80.6 Å². The van der Waals surface area contributed by atoms with Crippen LogP contribution in [0.5, 0.6) is 0 Å². The van der Waals surface area contributed by atoms with Crippen LogP contribution in [0.15, 0.2) is 30.7 Å². The van der Waals surface area contributed by atoms with Gasteiger partial charge in [0.15, 0.2) is 0 Å². The van der Waals surface area contributed by atoms with Gasteiger partial charge in [0.2, 0.25) is 5.91 Å². The average molecular weight is 369 g/mol. The van der Waals surface area contributed by atoms with Crippen molar-refractivity contribution in [2.75, 3.05) is 19.7 Å². The van der Waals surface area contributed by atoms with Gasteiger partial charge in [0, 0.05) is 31.7 Å². The van der Waals surface area contributed by atoms with E-state index in [0.29, 0.717) is 31.8 Å². The smallest absolute Gasteiger partial charge is 0.255 e. The summed E-state index contributed by atoms with van der Waals surface area (Å²) in [5.41, 5.74) is 2.43. The van der Waals surface area contributed by atoms with Crippen molar-refractivity contribution in [3.05, 3.63) is 47.5 Å². The Morgan fingerprint density at radius 1 is 1.30 bits per heavy atom. The van der Waals surface area contributed by atoms with Gasteiger partial charge in [0.1, 0.15) is 0 Å². The van der Waals surface area contributed by atoms with Crippen LogP contribution in [-0.2, 0) is 16.2 Å². The van der Waals surface area contributed by atoms with E-state index < -0.39 is 0 Å². The molecule has 8 nitrogen and oxygen atoms in total. The minimum absolute atomic E-state index is 0.0623. The van der Waals surface area contributed by atoms with Crippen molar-refractivity contribution in [1.29, 1.82) is 0 Å². The number of hydrogen-bond donors (Lipinski definition) is 0. The molecular formula is C19H23N5O3. The Hall–Kier alpha value is -2.74. The zero-order valence-electron chi connectivity index (χ0n) is 15.4. The van der Waals surface area contributed by atoms with E-state index in [0.717, 1.165) is 24.1 Å². The molecule has 0 unspecified atom stereocenters. The third-order valence-corrected chi connectivity index (χ3v) is 4.98. The van der Waals surface area contributed by atoms with Crippen LogP contribution in [0.2, 0.25) is 0 Å². The van der Waals surface area contributed by atoms with Crippen molar-refractivity contribution in [3.63, 3.8) is 0 Å². The van der Waals surface area contributed by atoms with Crippen LogP contribution in [-0.4, -0.2) is 56.2 Å². The van der Waals surface area contributed by atoms with Gasteiger partial charge >= 0.3 is 0 Å². The SMILES string of the molecule is Cc1cncc(C(=O)N2Cc3ccnn3[C@@H](CC(=O)N3CCCCO3)C2)c1. The first kappa shape index (κ1) is 17.7. The Morgan fingerprint density at radius 2 is 2.19 bits per heavy atom. The molecule has 2 aliphatic heterocycles. The predicted molar refractivity (Wildman–Crippen MR) is 96.5 cm³/mol. The Labute approximate surface area is 157 Å². The Balaban J connectivity index is 1.52. The first-order valence-electron chi connectivity index (χ1n) is 9.28. The van der Waals surface area contributed by atoms with Gasteiger partial charge in [-0.2, -0.15) is 5.10 Å². The number of amides is 2. The first-order valence-corrected chi connectivity index (χ1v) is 9.28. The summed E-state index contributed by atoms with van der Waals surface area (Å²) in [6, 6.07) is 3.52. The quantitative estimate of drug-likeness (QED) is 0.823. The molecule has 0 N–H and O–H groups in total. The molecule has 0 aliphatic carbocycles. The van der Waals surface area contributed by atoms with E-state index in [-0.39, 0.29) is 24.3 Å². The Bertz CT molecular complexity index is 843. The van der Waals surface area contributed by atoms with E-state index in [1.165, 1.54) is 5.06 Å². The van der Waals surface area contributed by atoms with Crippen molar-refractivity contribution in [3.8, 4) is 0 Å². The molecule has 0 radical (unpaired) electrons. The lowest BCUT2D eigenvalue weighted by molar-refractivity contribution is -0.198. The molecular weight excluding hydrogens is 346 g/mol. The van der Waals surface area contributed by atoms with Crippen LogP contribution >= 0.6 is 0 Å². The van der Waals surface area contributed by atoms with Crippen LogP contribution in [0.1, 0.15) is 46.9 Å². The minimum Gasteiger partial charge on any atom is -0.331 e. The number of hydrogen-bond acceptors (Lipinski definition) is 5. The van der Waals surface area contributed by atoms with Gasteiger partial charge in [-0.05, 0) is 37.5 Å². The molecule has 27 heavy (non-hydrogen) atoms. The van der Waals surface area contributed by atoms with Gasteiger partial charge in [0.25, 0.3) is 5.91 Å². The Morgan fingerprint density at radius 3 is 2.96 bits per heavy atom. The maximum absolute atomic E-state index is 13.0. The van der Waals surface area contributed by atoms with Crippen LogP contribution in [0, 0.1) is 6.92 Å². The van der Waals surface area contributed by atoms with Crippen LogP contribution in [0.4, 0.5) is 0 Å². The highest BCUT2D eigenvalue weighted by Crippen LogP contribution is 2.25. The maximum Gasteiger partial charge on any atom is 0.255 e. The molecule has 4 rings (SSSR count). The van der Waals surface area contributed by atoms with Crippen molar-refractivity contribution in [1.82, 2.24) is 24.7 Å². The van der Waals surface area contributed by atoms with E-state index in [1.807, 2.05) is 23.7 Å². The number of rotatable bonds is 3. The lowest BCUT2D eigenvalue weighted by Crippen LogP contribution is -2.44. The predicted octanol–water partition coefficient (Wildman–Crippen LogP) is 1.73. The lowest BCUT2D eigenvalue weighted by atomic mass is 10.1. The van der Waals surface area contributed by atoms with E-state index in [9.17, 15) is 9.59 Å². The number of fused-ring (bicyclic) bond motifs is 1. The van der Waals surface area contributed by atoms with E-state index in [4.69, 9.17) is 4.84 Å². The summed E-state index contributed by atoms with van der Waals surface area (Å²) in [5, 5.41) is 5.83. The molecule has 2 aromatic heterocycles. The van der Waals surface area contributed by atoms with Crippen LogP contribution < -0.4 is 0 Å². The monoisotopic (exact) mass is 369 g/mol. The summed E-state index contributed by atoms with van der Waals surface area (Å²) >= 11 is 0. The van der Waals surface area contributed by atoms with Crippen LogP contribution in [0.3, 0.4) is 0 Å². The normalized spacial score (nSPS) is 19.7. The molecule has 1 atom stereocenters. The third kappa shape index (κ3) is 3.71. The van der Waals surface area contributed by atoms with E-state index in [1.54, 1.807) is 23.5 Å². The number of aryl methyl sites for hydroxylation is 1. The lowest BCUT2D eigenvalue weighted by Gasteiger charge is -2.35. The highest BCUT2D eigenvalue weighted by molar-refractivity contribution is 5.94. The number of nitrogens with zero attached hydrogens (tertiary/aromatic N) is 5. The second kappa shape index (κ2) is 7.48. The summed E-state index contributed by atoms with van der Waals surface area (Å²) < 4.78 is 1.86. The van der Waals surface area contributed by atoms with Crippen molar-refractivity contribution >= 4 is 11.8 Å². The van der Waals surface area contributed by atoms with Crippen molar-refractivity contribution < 1.29 is 14.4 Å². The average Bonchev–Trinajstić information content (AvgIpc) is 3.17. The third-order valence-electron chi connectivity index (χ3n) is 4.98. The highest BCUT2D eigenvalue weighted by atomic mass is 16.7. The standard InChI is InChI=1S/C19H23N5O3/c1-14-8-15(11-20-10-14)19(26)22-12-16-4-5-21-24(16)17(13-22)9-18(25)23-6-2-3-7-27-23/h4-5,8,10-11,17H,2-3,6-7,9,12-13H2,1H3/t17-/m0/s1. The second-order valence-electron chi connectivity index (χ2n) is 7.10. The fourth-order valence-corrected chi connectivity index (χ4v) is 3.64. The van der Waals surface area contributed by atoms with Gasteiger partial charge in [-0.3, -0.25) is 24.1 Å². The largest absolute Gasteiger partial charge is 0.331 e. The molecule has 2 aromatic rings. The van der Waals surface area contributed by atoms with E-state index >= 15 is 0 Å². The summed E-state index contributed by atoms with van der Waals surface area (Å²) in [5.74, 6) is -0.141. The van der Waals surface area contributed by atoms with Gasteiger partial charge < -0.3 is 4.90 Å². The summed E-state index contributed by atoms with van der Waals surface area (Å²) in [7, 11) is 0. The van der Waals surface area contributed by atoms with Crippen molar-refractivity contribution in [2.24, 2.45) is 0 Å². The van der Waals surface area contributed by atoms with Gasteiger partial charge in [-0.25, -0.2) is 5.06 Å². The van der Waals surface area contributed by atoms with Crippen LogP contribution in [0.25, 0.3) is 0 Å². The molecule has 0 aromatic carbocycles.